The minimum atomic E-state index is -0.0635. The molecule has 125 heavy (non-hydrogen) atoms. The van der Waals surface area contributed by atoms with Gasteiger partial charge in [0.1, 0.15) is 23.0 Å². The van der Waals surface area contributed by atoms with Gasteiger partial charge < -0.3 is 47.8 Å². The van der Waals surface area contributed by atoms with Crippen LogP contribution < -0.4 is 34.1 Å². The smallest absolute Gasteiger partial charge is 0.151 e. The summed E-state index contributed by atoms with van der Waals surface area (Å²) in [6.07, 6.45) is 2.74. The van der Waals surface area contributed by atoms with Crippen molar-refractivity contribution in [1.29, 1.82) is 0 Å². The van der Waals surface area contributed by atoms with Gasteiger partial charge in [-0.05, 0) is 203 Å². The first kappa shape index (κ1) is 73.3. The van der Waals surface area contributed by atoms with Gasteiger partial charge in [0.05, 0.1) is 67.2 Å². The lowest BCUT2D eigenvalue weighted by atomic mass is 9.74. The third-order valence-electron chi connectivity index (χ3n) is 25.4. The summed E-state index contributed by atoms with van der Waals surface area (Å²) in [5.74, 6) is 6.96. The molecule has 11 heteroatoms. The van der Waals surface area contributed by atoms with Gasteiger partial charge in [0.2, 0.25) is 0 Å². The van der Waals surface area contributed by atoms with Crippen molar-refractivity contribution in [2.75, 3.05) is 15.1 Å². The number of hydrogen-bond acceptors (Lipinski definition) is 8. The van der Waals surface area contributed by atoms with Crippen molar-refractivity contribution in [3.63, 3.8) is 0 Å². The van der Waals surface area contributed by atoms with Gasteiger partial charge >= 0.3 is 0 Å². The average Bonchev–Trinajstić information content (AvgIpc) is 1.67. The Labute approximate surface area is 727 Å². The van der Waals surface area contributed by atoms with Crippen molar-refractivity contribution in [1.82, 2.24) is 13.7 Å². The standard InChI is InChI=1S/C37H24N2O3.C27H22N2.C25H17NO.C25H17NS/c1-5-13-32-28(9-1)38(29-10-2-6-14-33(29)40-32)26-19-17-24-21-25-18-20-27(23-37(25)42-36(24)22-26)39-30-11-3-7-15-34(30)41-35-16-8-4-12-31(35)39;1-27(2)21-11-5-6-12-23(21)28-24-16-15-18(17-22(24)27)29-25-13-7-3-9-19(25)20-10-4-8-14-26(20)29;2*1-6-12-24-17(7-1)15-18-13-14-19(16-25(18)27-24)26-22-10-4-2-8-20(22)21-9-3-5-11-23(21)26/h1-20,22-23H,21H2;3-17,28H,1-2H3;2*1-14,16H,15H2. The molecule has 6 aliphatic heterocycles. The fraction of sp³-hybridized carbons (Fsp3) is 0.0526. The molecule has 0 fully saturated rings. The number of aromatic nitrogens is 3. The molecule has 0 saturated heterocycles. The van der Waals surface area contributed by atoms with Crippen LogP contribution in [0.5, 0.6) is 46.0 Å². The fourth-order valence-electron chi connectivity index (χ4n) is 19.5. The highest BCUT2D eigenvalue weighted by atomic mass is 32.2. The van der Waals surface area contributed by atoms with Gasteiger partial charge in [-0.1, -0.05) is 262 Å². The number of nitrogens with one attached hydrogen (secondary N) is 1. The molecule has 0 aliphatic carbocycles. The summed E-state index contributed by atoms with van der Waals surface area (Å²) >= 11 is 1.89. The number of hydrogen-bond donors (Lipinski definition) is 1. The molecule has 0 amide bonds. The molecule has 21 aromatic rings. The topological polar surface area (TPSA) is 70.2 Å². The molecular weight excluding hydrogens is 1550 g/mol. The summed E-state index contributed by atoms with van der Waals surface area (Å²) in [5, 5.41) is 11.4. The zero-order valence-corrected chi connectivity index (χ0v) is 69.4. The molecule has 0 unspecified atom stereocenters. The van der Waals surface area contributed by atoms with E-state index >= 15 is 0 Å². The van der Waals surface area contributed by atoms with Crippen LogP contribution in [0.25, 0.3) is 82.5 Å². The van der Waals surface area contributed by atoms with E-state index in [0.717, 1.165) is 116 Å². The summed E-state index contributed by atoms with van der Waals surface area (Å²) in [5.41, 5.74) is 29.7. The maximum atomic E-state index is 6.68. The van der Waals surface area contributed by atoms with Crippen molar-refractivity contribution < 1.29 is 18.9 Å². The minimum Gasteiger partial charge on any atom is -0.457 e. The van der Waals surface area contributed by atoms with Gasteiger partial charge in [-0.2, -0.15) is 0 Å². The Bertz CT molecular complexity index is 7340. The van der Waals surface area contributed by atoms with E-state index in [4.69, 9.17) is 18.9 Å². The lowest BCUT2D eigenvalue weighted by molar-refractivity contribution is 0.459. The van der Waals surface area contributed by atoms with E-state index in [-0.39, 0.29) is 5.41 Å². The summed E-state index contributed by atoms with van der Waals surface area (Å²) < 4.78 is 32.5. The summed E-state index contributed by atoms with van der Waals surface area (Å²) in [4.78, 5) is 7.23. The molecule has 0 radical (unpaired) electrons. The maximum absolute atomic E-state index is 6.68. The number of anilines is 8. The van der Waals surface area contributed by atoms with Crippen LogP contribution in [0.1, 0.15) is 58.4 Å². The number of para-hydroxylation sites is 16. The van der Waals surface area contributed by atoms with Crippen LogP contribution in [0.2, 0.25) is 0 Å². The number of benzene rings is 18. The van der Waals surface area contributed by atoms with E-state index in [0.29, 0.717) is 0 Å². The van der Waals surface area contributed by atoms with Gasteiger partial charge in [-0.3, -0.25) is 0 Å². The summed E-state index contributed by atoms with van der Waals surface area (Å²) in [6, 6.07) is 143. The zero-order chi connectivity index (χ0) is 82.8. The van der Waals surface area contributed by atoms with E-state index in [1.54, 1.807) is 0 Å². The maximum Gasteiger partial charge on any atom is 0.151 e. The van der Waals surface area contributed by atoms with Crippen molar-refractivity contribution in [3.8, 4) is 63.1 Å². The summed E-state index contributed by atoms with van der Waals surface area (Å²) in [7, 11) is 0. The molecule has 1 N–H and O–H groups in total. The molecule has 10 nitrogen and oxygen atoms in total. The first-order valence-electron chi connectivity index (χ1n) is 42.7. The van der Waals surface area contributed by atoms with Crippen LogP contribution in [0.15, 0.2) is 416 Å². The highest BCUT2D eigenvalue weighted by molar-refractivity contribution is 7.99. The Morgan fingerprint density at radius 3 is 0.992 bits per heavy atom. The van der Waals surface area contributed by atoms with Crippen molar-refractivity contribution in [2.45, 2.75) is 48.3 Å². The Morgan fingerprint density at radius 1 is 0.232 bits per heavy atom. The van der Waals surface area contributed by atoms with E-state index < -0.39 is 0 Å². The summed E-state index contributed by atoms with van der Waals surface area (Å²) in [6.45, 7) is 4.64. The second-order valence-corrected chi connectivity index (χ2v) is 34.2. The number of rotatable bonds is 5. The molecule has 0 atom stereocenters. The molecule has 596 valence electrons. The third kappa shape index (κ3) is 12.6. The van der Waals surface area contributed by atoms with Crippen LogP contribution in [-0.4, -0.2) is 13.7 Å². The SMILES string of the molecule is CC1(C)c2ccccc2Nc2ccc(-n3c4ccccc4c4ccccc43)cc21.c1ccc2c(c1)Cc1ccc(-n3c4ccccc4c4ccccc43)cc1O2.c1ccc2c(c1)Cc1ccc(-n3c4ccccc4c4ccccc43)cc1S2.c1ccc2c(c1)Oc1ccccc1N2c1ccc2c(c1)Oc1cc(N3c4ccccc4Oc4ccccc43)ccc1C2. The molecule has 3 aromatic heterocycles. The molecule has 9 heterocycles. The predicted octanol–water partition coefficient (Wildman–Crippen LogP) is 31.0. The largest absolute Gasteiger partial charge is 0.457 e. The second kappa shape index (κ2) is 29.9. The van der Waals surface area contributed by atoms with Crippen LogP contribution >= 0.6 is 11.8 Å². The second-order valence-electron chi connectivity index (χ2n) is 33.1. The van der Waals surface area contributed by atoms with E-state index in [1.807, 2.05) is 96.7 Å². The molecular formula is C114H80N6O4S. The average molecular weight is 1630 g/mol. The van der Waals surface area contributed by atoms with Gasteiger partial charge in [0, 0.05) is 107 Å². The van der Waals surface area contributed by atoms with Crippen molar-refractivity contribution in [2.24, 2.45) is 0 Å². The number of ether oxygens (including phenoxy) is 4. The van der Waals surface area contributed by atoms with Crippen molar-refractivity contribution >= 4 is 123 Å². The van der Waals surface area contributed by atoms with Crippen LogP contribution in [0.4, 0.5) is 45.5 Å². The lowest BCUT2D eigenvalue weighted by Gasteiger charge is -2.36. The predicted molar refractivity (Wildman–Crippen MR) is 512 cm³/mol. The molecule has 6 aliphatic rings. The molecule has 18 aromatic carbocycles. The van der Waals surface area contributed by atoms with E-state index in [1.165, 1.54) is 131 Å². The van der Waals surface area contributed by atoms with Crippen LogP contribution in [-0.2, 0) is 24.7 Å². The Morgan fingerprint density at radius 2 is 0.528 bits per heavy atom. The van der Waals surface area contributed by atoms with Gasteiger partial charge in [-0.25, -0.2) is 0 Å². The quantitative estimate of drug-likeness (QED) is 0.183. The number of nitrogens with zero attached hydrogens (tertiary/aromatic N) is 5. The number of fused-ring (bicyclic) bond motifs is 21. The normalized spacial score (nSPS) is 13.4. The monoisotopic (exact) mass is 1630 g/mol. The molecule has 0 saturated carbocycles. The Kier molecular flexibility index (Phi) is 17.5. The third-order valence-corrected chi connectivity index (χ3v) is 26.6. The Balaban J connectivity index is 0.0000000953. The van der Waals surface area contributed by atoms with E-state index in [2.05, 4.69) is 364 Å². The van der Waals surface area contributed by atoms with Gasteiger partial charge in [0.25, 0.3) is 0 Å². The molecule has 27 rings (SSSR count). The Hall–Kier alpha value is -15.7. The molecule has 0 spiro atoms. The first-order valence-corrected chi connectivity index (χ1v) is 43.5. The minimum absolute atomic E-state index is 0.0635. The van der Waals surface area contributed by atoms with Crippen LogP contribution in [0, 0.1) is 0 Å². The lowest BCUT2D eigenvalue weighted by Crippen LogP contribution is -2.26. The van der Waals surface area contributed by atoms with Gasteiger partial charge in [0.15, 0.2) is 23.0 Å². The van der Waals surface area contributed by atoms with Gasteiger partial charge in [-0.15, -0.1) is 0 Å². The molecule has 0 bridgehead atoms. The van der Waals surface area contributed by atoms with Crippen molar-refractivity contribution in [3.05, 3.63) is 451 Å². The van der Waals surface area contributed by atoms with Crippen LogP contribution in [0.3, 0.4) is 0 Å². The fourth-order valence-corrected chi connectivity index (χ4v) is 20.6. The first-order chi connectivity index (χ1) is 61.7. The zero-order valence-electron chi connectivity index (χ0n) is 68.6. The van der Waals surface area contributed by atoms with E-state index in [9.17, 15) is 0 Å². The highest BCUT2D eigenvalue weighted by Gasteiger charge is 2.35. The highest BCUT2D eigenvalue weighted by Crippen LogP contribution is 2.56.